The van der Waals surface area contributed by atoms with Crippen LogP contribution in [-0.2, 0) is 16.1 Å². The minimum atomic E-state index is -0.197. The van der Waals surface area contributed by atoms with E-state index in [0.29, 0.717) is 12.3 Å². The van der Waals surface area contributed by atoms with E-state index in [1.165, 1.54) is 12.1 Å². The lowest BCUT2D eigenvalue weighted by molar-refractivity contribution is -0.132. The second-order valence-electron chi connectivity index (χ2n) is 6.57. The van der Waals surface area contributed by atoms with Crippen LogP contribution in [0.3, 0.4) is 0 Å². The Morgan fingerprint density at radius 1 is 1.17 bits per heavy atom. The van der Waals surface area contributed by atoms with Gasteiger partial charge in [-0.1, -0.05) is 12.1 Å². The van der Waals surface area contributed by atoms with E-state index in [0.717, 1.165) is 64.3 Å². The predicted molar refractivity (Wildman–Crippen MR) is 86.4 cm³/mol. The normalized spacial score (nSPS) is 23.0. The first kappa shape index (κ1) is 16.4. The summed E-state index contributed by atoms with van der Waals surface area (Å²) in [5.74, 6) is 0.475. The number of nitrogens with zero attached hydrogens (tertiary/aromatic N) is 2. The standard InChI is InChI=1S/C18H25FN2O2/c19-17-4-2-15(3-5-17)13-20-7-1-8-21(10-9-20)18(22)12-16-6-11-23-14-16/h2-5,16H,1,6-14H2. The minimum Gasteiger partial charge on any atom is -0.381 e. The van der Waals surface area contributed by atoms with Gasteiger partial charge in [0.1, 0.15) is 5.82 Å². The fourth-order valence-electron chi connectivity index (χ4n) is 3.35. The van der Waals surface area contributed by atoms with Crippen LogP contribution in [0.2, 0.25) is 0 Å². The summed E-state index contributed by atoms with van der Waals surface area (Å²) in [5.41, 5.74) is 1.12. The van der Waals surface area contributed by atoms with Crippen molar-refractivity contribution in [1.82, 2.24) is 9.80 Å². The summed E-state index contributed by atoms with van der Waals surface area (Å²) in [5, 5.41) is 0. The SMILES string of the molecule is O=C(CC1CCOC1)N1CCCN(Cc2ccc(F)cc2)CC1. The van der Waals surface area contributed by atoms with Crippen molar-refractivity contribution < 1.29 is 13.9 Å². The summed E-state index contributed by atoms with van der Waals surface area (Å²) >= 11 is 0. The van der Waals surface area contributed by atoms with Crippen molar-refractivity contribution in [3.05, 3.63) is 35.6 Å². The Labute approximate surface area is 137 Å². The summed E-state index contributed by atoms with van der Waals surface area (Å²) in [6.07, 6.45) is 2.63. The minimum absolute atomic E-state index is 0.197. The van der Waals surface area contributed by atoms with Gasteiger partial charge in [0, 0.05) is 52.4 Å². The first-order valence-electron chi connectivity index (χ1n) is 8.53. The highest BCUT2D eigenvalue weighted by atomic mass is 19.1. The van der Waals surface area contributed by atoms with Crippen LogP contribution in [0.15, 0.2) is 24.3 Å². The van der Waals surface area contributed by atoms with E-state index in [1.807, 2.05) is 17.0 Å². The molecule has 1 amide bonds. The number of ether oxygens (including phenoxy) is 1. The van der Waals surface area contributed by atoms with E-state index < -0.39 is 0 Å². The molecular formula is C18H25FN2O2. The number of carbonyl (C=O) groups excluding carboxylic acids is 1. The molecule has 0 aliphatic carbocycles. The number of hydrogen-bond donors (Lipinski definition) is 0. The van der Waals surface area contributed by atoms with Gasteiger partial charge in [-0.15, -0.1) is 0 Å². The van der Waals surface area contributed by atoms with Crippen molar-refractivity contribution in [2.24, 2.45) is 5.92 Å². The van der Waals surface area contributed by atoms with E-state index in [9.17, 15) is 9.18 Å². The zero-order chi connectivity index (χ0) is 16.1. The summed E-state index contributed by atoms with van der Waals surface area (Å²) < 4.78 is 18.3. The maximum Gasteiger partial charge on any atom is 0.222 e. The molecule has 2 fully saturated rings. The second kappa shape index (κ2) is 7.88. The molecule has 1 unspecified atom stereocenters. The number of rotatable bonds is 4. The van der Waals surface area contributed by atoms with Gasteiger partial charge >= 0.3 is 0 Å². The van der Waals surface area contributed by atoms with E-state index in [1.54, 1.807) is 0 Å². The van der Waals surface area contributed by atoms with E-state index in [4.69, 9.17) is 4.74 Å². The van der Waals surface area contributed by atoms with E-state index >= 15 is 0 Å². The first-order chi connectivity index (χ1) is 11.2. The summed E-state index contributed by atoms with van der Waals surface area (Å²) in [4.78, 5) is 16.8. The molecule has 0 spiro atoms. The summed E-state index contributed by atoms with van der Waals surface area (Å²) in [7, 11) is 0. The molecule has 2 saturated heterocycles. The smallest absolute Gasteiger partial charge is 0.222 e. The van der Waals surface area contributed by atoms with Gasteiger partial charge in [-0.25, -0.2) is 4.39 Å². The largest absolute Gasteiger partial charge is 0.381 e. The van der Waals surface area contributed by atoms with Gasteiger partial charge in [0.25, 0.3) is 0 Å². The second-order valence-corrected chi connectivity index (χ2v) is 6.57. The van der Waals surface area contributed by atoms with Gasteiger partial charge in [0.2, 0.25) is 5.91 Å². The van der Waals surface area contributed by atoms with Crippen LogP contribution >= 0.6 is 0 Å². The number of carbonyl (C=O) groups is 1. The Kier molecular flexibility index (Phi) is 5.62. The number of benzene rings is 1. The topological polar surface area (TPSA) is 32.8 Å². The van der Waals surface area contributed by atoms with Crippen molar-refractivity contribution in [1.29, 1.82) is 0 Å². The molecule has 0 aromatic heterocycles. The third kappa shape index (κ3) is 4.75. The lowest BCUT2D eigenvalue weighted by atomic mass is 10.0. The van der Waals surface area contributed by atoms with Crippen LogP contribution in [0.1, 0.15) is 24.8 Å². The van der Waals surface area contributed by atoms with Crippen molar-refractivity contribution in [2.45, 2.75) is 25.8 Å². The molecule has 23 heavy (non-hydrogen) atoms. The molecule has 2 aliphatic heterocycles. The highest BCUT2D eigenvalue weighted by molar-refractivity contribution is 5.76. The average Bonchev–Trinajstić information content (AvgIpc) is 2.94. The zero-order valence-corrected chi connectivity index (χ0v) is 13.5. The Morgan fingerprint density at radius 2 is 2.00 bits per heavy atom. The fraction of sp³-hybridized carbons (Fsp3) is 0.611. The monoisotopic (exact) mass is 320 g/mol. The predicted octanol–water partition coefficient (Wildman–Crippen LogP) is 2.29. The molecule has 2 heterocycles. The van der Waals surface area contributed by atoms with Gasteiger partial charge in [-0.2, -0.15) is 0 Å². The number of halogens is 1. The van der Waals surface area contributed by atoms with Gasteiger partial charge in [0.05, 0.1) is 0 Å². The number of amides is 1. The molecule has 5 heteroatoms. The Balaban J connectivity index is 1.48. The third-order valence-electron chi connectivity index (χ3n) is 4.75. The molecule has 0 bridgehead atoms. The van der Waals surface area contributed by atoms with Crippen LogP contribution in [0, 0.1) is 11.7 Å². The van der Waals surface area contributed by atoms with E-state index in [-0.39, 0.29) is 11.7 Å². The van der Waals surface area contributed by atoms with Crippen molar-refractivity contribution in [3.63, 3.8) is 0 Å². The van der Waals surface area contributed by atoms with Gasteiger partial charge < -0.3 is 9.64 Å². The molecule has 3 rings (SSSR count). The Morgan fingerprint density at radius 3 is 2.74 bits per heavy atom. The van der Waals surface area contributed by atoms with Crippen molar-refractivity contribution in [2.75, 3.05) is 39.4 Å². The average molecular weight is 320 g/mol. The molecule has 2 aliphatic rings. The van der Waals surface area contributed by atoms with Crippen LogP contribution in [-0.4, -0.2) is 55.1 Å². The van der Waals surface area contributed by atoms with Crippen LogP contribution in [0.5, 0.6) is 0 Å². The van der Waals surface area contributed by atoms with Crippen LogP contribution in [0.4, 0.5) is 4.39 Å². The van der Waals surface area contributed by atoms with Gasteiger partial charge in [0.15, 0.2) is 0 Å². The molecule has 0 radical (unpaired) electrons. The van der Waals surface area contributed by atoms with Gasteiger partial charge in [-0.3, -0.25) is 9.69 Å². The molecule has 1 aromatic rings. The van der Waals surface area contributed by atoms with Gasteiger partial charge in [-0.05, 0) is 36.5 Å². The van der Waals surface area contributed by atoms with Crippen molar-refractivity contribution in [3.8, 4) is 0 Å². The molecule has 4 nitrogen and oxygen atoms in total. The maximum absolute atomic E-state index is 13.0. The molecule has 126 valence electrons. The lowest BCUT2D eigenvalue weighted by Gasteiger charge is -2.23. The molecule has 0 N–H and O–H groups in total. The van der Waals surface area contributed by atoms with Crippen molar-refractivity contribution >= 4 is 5.91 Å². The highest BCUT2D eigenvalue weighted by Crippen LogP contribution is 2.18. The first-order valence-corrected chi connectivity index (χ1v) is 8.53. The Hall–Kier alpha value is -1.46. The lowest BCUT2D eigenvalue weighted by Crippen LogP contribution is -2.36. The number of hydrogen-bond acceptors (Lipinski definition) is 3. The maximum atomic E-state index is 13.0. The van der Waals surface area contributed by atoms with E-state index in [2.05, 4.69) is 4.90 Å². The quantitative estimate of drug-likeness (QED) is 0.853. The molecule has 1 atom stereocenters. The van der Waals surface area contributed by atoms with Crippen LogP contribution in [0.25, 0.3) is 0 Å². The highest BCUT2D eigenvalue weighted by Gasteiger charge is 2.24. The molecule has 1 aromatic carbocycles. The summed E-state index contributed by atoms with van der Waals surface area (Å²) in [6.45, 7) is 5.83. The fourth-order valence-corrected chi connectivity index (χ4v) is 3.35. The molecule has 0 saturated carbocycles. The summed E-state index contributed by atoms with van der Waals surface area (Å²) in [6, 6.07) is 6.69. The zero-order valence-electron chi connectivity index (χ0n) is 13.5. The van der Waals surface area contributed by atoms with Crippen LogP contribution < -0.4 is 0 Å². The Bertz CT molecular complexity index is 514. The third-order valence-corrected chi connectivity index (χ3v) is 4.75. The molecular weight excluding hydrogens is 295 g/mol.